The highest BCUT2D eigenvalue weighted by atomic mass is 14.9. The summed E-state index contributed by atoms with van der Waals surface area (Å²) >= 11 is 0. The Labute approximate surface area is 274 Å². The fourth-order valence-corrected chi connectivity index (χ4v) is 6.18. The number of aryl methyl sites for hydroxylation is 1. The standard InChI is InChI=1S/C44H31N3/c1-30-41(17-10-24-45-30)33-21-18-32(19-22-33)38-26-39(37-23-20-31-11-8-9-16-36(31)25-37)28-40(27-38)44-46-42(34-12-4-2-5-13-34)29-43(47-44)35-14-6-3-7-15-35/h2-29H,1H3. The van der Waals surface area contributed by atoms with Crippen LogP contribution < -0.4 is 0 Å². The molecule has 0 spiro atoms. The van der Waals surface area contributed by atoms with Crippen molar-refractivity contribution in [3.63, 3.8) is 0 Å². The first kappa shape index (κ1) is 28.3. The first-order valence-corrected chi connectivity index (χ1v) is 15.8. The van der Waals surface area contributed by atoms with E-state index in [1.807, 2.05) is 24.4 Å². The SMILES string of the molecule is Cc1ncccc1-c1ccc(-c2cc(-c3ccc4ccccc4c3)cc(-c3nc(-c4ccccc4)cc(-c4ccccc4)n3)c2)cc1. The molecule has 0 saturated heterocycles. The second-order valence-corrected chi connectivity index (χ2v) is 11.8. The molecule has 3 nitrogen and oxygen atoms in total. The smallest absolute Gasteiger partial charge is 0.160 e. The molecular formula is C44H31N3. The van der Waals surface area contributed by atoms with Gasteiger partial charge >= 0.3 is 0 Å². The molecule has 0 aliphatic rings. The van der Waals surface area contributed by atoms with Crippen LogP contribution in [0.4, 0.5) is 0 Å². The largest absolute Gasteiger partial charge is 0.261 e. The van der Waals surface area contributed by atoms with Crippen molar-refractivity contribution in [3.8, 4) is 67.3 Å². The lowest BCUT2D eigenvalue weighted by Gasteiger charge is -2.14. The van der Waals surface area contributed by atoms with E-state index in [1.54, 1.807) is 0 Å². The van der Waals surface area contributed by atoms with Crippen molar-refractivity contribution in [1.82, 2.24) is 15.0 Å². The minimum Gasteiger partial charge on any atom is -0.261 e. The Morgan fingerprint density at radius 3 is 1.57 bits per heavy atom. The predicted octanol–water partition coefficient (Wildman–Crippen LogP) is 11.3. The van der Waals surface area contributed by atoms with Crippen molar-refractivity contribution in [2.75, 3.05) is 0 Å². The predicted molar refractivity (Wildman–Crippen MR) is 195 cm³/mol. The van der Waals surface area contributed by atoms with Crippen LogP contribution in [-0.2, 0) is 0 Å². The van der Waals surface area contributed by atoms with Gasteiger partial charge in [0.15, 0.2) is 5.82 Å². The molecule has 222 valence electrons. The maximum absolute atomic E-state index is 5.16. The van der Waals surface area contributed by atoms with Gasteiger partial charge in [-0.3, -0.25) is 4.98 Å². The number of fused-ring (bicyclic) bond motifs is 1. The van der Waals surface area contributed by atoms with Gasteiger partial charge in [-0.25, -0.2) is 9.97 Å². The van der Waals surface area contributed by atoms with Crippen molar-refractivity contribution in [2.45, 2.75) is 6.92 Å². The highest BCUT2D eigenvalue weighted by Gasteiger charge is 2.14. The van der Waals surface area contributed by atoms with Crippen LogP contribution in [0.15, 0.2) is 170 Å². The molecular weight excluding hydrogens is 571 g/mol. The summed E-state index contributed by atoms with van der Waals surface area (Å²) in [6.45, 7) is 2.05. The van der Waals surface area contributed by atoms with Crippen LogP contribution in [0.3, 0.4) is 0 Å². The molecule has 3 heteroatoms. The second-order valence-electron chi connectivity index (χ2n) is 11.8. The van der Waals surface area contributed by atoms with Gasteiger partial charge in [0.2, 0.25) is 0 Å². The monoisotopic (exact) mass is 601 g/mol. The van der Waals surface area contributed by atoms with E-state index < -0.39 is 0 Å². The first-order valence-electron chi connectivity index (χ1n) is 15.8. The Morgan fingerprint density at radius 2 is 0.915 bits per heavy atom. The Bertz CT molecular complexity index is 2290. The van der Waals surface area contributed by atoms with Crippen molar-refractivity contribution in [3.05, 3.63) is 176 Å². The normalized spacial score (nSPS) is 11.1. The van der Waals surface area contributed by atoms with E-state index in [0.717, 1.165) is 67.2 Å². The minimum absolute atomic E-state index is 0.691. The molecule has 2 heterocycles. The highest BCUT2D eigenvalue weighted by Crippen LogP contribution is 2.36. The van der Waals surface area contributed by atoms with Crippen LogP contribution in [0.1, 0.15) is 5.69 Å². The second kappa shape index (κ2) is 12.3. The van der Waals surface area contributed by atoms with Crippen LogP contribution in [0.5, 0.6) is 0 Å². The van der Waals surface area contributed by atoms with E-state index in [4.69, 9.17) is 9.97 Å². The summed E-state index contributed by atoms with van der Waals surface area (Å²) < 4.78 is 0. The van der Waals surface area contributed by atoms with Gasteiger partial charge in [0.1, 0.15) is 0 Å². The average molecular weight is 602 g/mol. The summed E-state index contributed by atoms with van der Waals surface area (Å²) in [7, 11) is 0. The average Bonchev–Trinajstić information content (AvgIpc) is 3.15. The van der Waals surface area contributed by atoms with Gasteiger partial charge in [0.25, 0.3) is 0 Å². The summed E-state index contributed by atoms with van der Waals surface area (Å²) in [6.07, 6.45) is 1.84. The van der Waals surface area contributed by atoms with Crippen LogP contribution >= 0.6 is 0 Å². The van der Waals surface area contributed by atoms with Crippen molar-refractivity contribution >= 4 is 10.8 Å². The Morgan fingerprint density at radius 1 is 0.362 bits per heavy atom. The Balaban J connectivity index is 1.31. The number of hydrogen-bond acceptors (Lipinski definition) is 3. The maximum Gasteiger partial charge on any atom is 0.160 e. The zero-order chi connectivity index (χ0) is 31.6. The zero-order valence-electron chi connectivity index (χ0n) is 26.0. The summed E-state index contributed by atoms with van der Waals surface area (Å²) in [5.41, 5.74) is 12.7. The third-order valence-corrected chi connectivity index (χ3v) is 8.68. The van der Waals surface area contributed by atoms with Gasteiger partial charge in [-0.2, -0.15) is 0 Å². The van der Waals surface area contributed by atoms with Crippen LogP contribution in [-0.4, -0.2) is 15.0 Å². The third kappa shape index (κ3) is 5.83. The third-order valence-electron chi connectivity index (χ3n) is 8.68. The fraction of sp³-hybridized carbons (Fsp3) is 0.0227. The van der Waals surface area contributed by atoms with Crippen LogP contribution in [0.25, 0.3) is 78.1 Å². The summed E-state index contributed by atoms with van der Waals surface area (Å²) in [5.74, 6) is 0.691. The molecule has 2 aromatic heterocycles. The van der Waals surface area contributed by atoms with Crippen LogP contribution in [0, 0.1) is 6.92 Å². The number of aromatic nitrogens is 3. The summed E-state index contributed by atoms with van der Waals surface area (Å²) in [5, 5.41) is 2.43. The van der Waals surface area contributed by atoms with Gasteiger partial charge < -0.3 is 0 Å². The maximum atomic E-state index is 5.16. The lowest BCUT2D eigenvalue weighted by Crippen LogP contribution is -1.97. The molecule has 0 saturated carbocycles. The fourth-order valence-electron chi connectivity index (χ4n) is 6.18. The molecule has 0 amide bonds. The topological polar surface area (TPSA) is 38.7 Å². The molecule has 47 heavy (non-hydrogen) atoms. The summed E-state index contributed by atoms with van der Waals surface area (Å²) in [4.78, 5) is 14.8. The molecule has 8 aromatic rings. The molecule has 0 atom stereocenters. The van der Waals surface area contributed by atoms with E-state index >= 15 is 0 Å². The van der Waals surface area contributed by atoms with Gasteiger partial charge in [-0.1, -0.05) is 127 Å². The summed E-state index contributed by atoms with van der Waals surface area (Å²) in [6, 6.07) is 57.5. The number of pyridine rings is 1. The van der Waals surface area contributed by atoms with Gasteiger partial charge in [0.05, 0.1) is 11.4 Å². The van der Waals surface area contributed by atoms with E-state index in [-0.39, 0.29) is 0 Å². The van der Waals surface area contributed by atoms with E-state index in [0.29, 0.717) is 5.82 Å². The number of nitrogens with zero attached hydrogens (tertiary/aromatic N) is 3. The Kier molecular flexibility index (Phi) is 7.41. The van der Waals surface area contributed by atoms with E-state index in [9.17, 15) is 0 Å². The molecule has 0 N–H and O–H groups in total. The molecule has 0 unspecified atom stereocenters. The molecule has 0 radical (unpaired) electrons. The molecule has 0 aliphatic carbocycles. The lowest BCUT2D eigenvalue weighted by atomic mass is 9.93. The number of hydrogen-bond donors (Lipinski definition) is 0. The molecule has 6 aromatic carbocycles. The van der Waals surface area contributed by atoms with Crippen molar-refractivity contribution < 1.29 is 0 Å². The van der Waals surface area contributed by atoms with Gasteiger partial charge in [0, 0.05) is 34.1 Å². The van der Waals surface area contributed by atoms with E-state index in [2.05, 4.69) is 158 Å². The number of benzene rings is 6. The molecule has 0 bridgehead atoms. The number of rotatable bonds is 6. The van der Waals surface area contributed by atoms with Crippen molar-refractivity contribution in [2.24, 2.45) is 0 Å². The molecule has 0 aliphatic heterocycles. The highest BCUT2D eigenvalue weighted by molar-refractivity contribution is 5.89. The van der Waals surface area contributed by atoms with Crippen molar-refractivity contribution in [1.29, 1.82) is 0 Å². The van der Waals surface area contributed by atoms with E-state index in [1.165, 1.54) is 10.8 Å². The minimum atomic E-state index is 0.691. The Hall–Kier alpha value is -6.19. The zero-order valence-corrected chi connectivity index (χ0v) is 26.0. The van der Waals surface area contributed by atoms with Crippen LogP contribution in [0.2, 0.25) is 0 Å². The van der Waals surface area contributed by atoms with Gasteiger partial charge in [-0.15, -0.1) is 0 Å². The molecule has 0 fully saturated rings. The van der Waals surface area contributed by atoms with Gasteiger partial charge in [-0.05, 0) is 81.9 Å². The molecule has 8 rings (SSSR count). The quantitative estimate of drug-likeness (QED) is 0.190. The lowest BCUT2D eigenvalue weighted by molar-refractivity contribution is 1.18. The first-order chi connectivity index (χ1) is 23.2.